The molecule has 5 nitrogen and oxygen atoms in total. The molecule has 0 rings (SSSR count). The molecule has 0 unspecified atom stereocenters. The van der Waals surface area contributed by atoms with Crippen molar-refractivity contribution in [3.8, 4) is 6.07 Å². The van der Waals surface area contributed by atoms with Crippen molar-refractivity contribution in [1.82, 2.24) is 10.6 Å². The Morgan fingerprint density at radius 1 is 1.54 bits per heavy atom. The molecule has 0 saturated carbocycles. The fourth-order valence-electron chi connectivity index (χ4n) is 0.671. The quantitative estimate of drug-likeness (QED) is 0.327. The highest BCUT2D eigenvalue weighted by molar-refractivity contribution is 5.97. The van der Waals surface area contributed by atoms with E-state index in [9.17, 15) is 4.79 Å². The van der Waals surface area contributed by atoms with Crippen LogP contribution in [0.1, 0.15) is 13.8 Å². The van der Waals surface area contributed by atoms with E-state index < -0.39 is 11.8 Å². The van der Waals surface area contributed by atoms with Crippen LogP contribution in [0.25, 0.3) is 0 Å². The van der Waals surface area contributed by atoms with Gasteiger partial charge in [-0.2, -0.15) is 5.26 Å². The van der Waals surface area contributed by atoms with Crippen LogP contribution < -0.4 is 10.6 Å². The molecule has 0 heterocycles. The molecule has 0 aliphatic heterocycles. The standard InChI is InChI=1S/C8H13N3O2/c1-5(2)11-8(13)6(4-9)7(12)10-3/h5,10,12H,1-3H3,(H,11,13)/b7-6-. The van der Waals surface area contributed by atoms with Gasteiger partial charge in [-0.15, -0.1) is 0 Å². The van der Waals surface area contributed by atoms with Crippen molar-refractivity contribution in [2.24, 2.45) is 0 Å². The maximum atomic E-state index is 11.2. The summed E-state index contributed by atoms with van der Waals surface area (Å²) in [4.78, 5) is 11.2. The number of aliphatic hydroxyl groups is 1. The van der Waals surface area contributed by atoms with Crippen molar-refractivity contribution in [3.63, 3.8) is 0 Å². The van der Waals surface area contributed by atoms with E-state index >= 15 is 0 Å². The zero-order chi connectivity index (χ0) is 10.4. The Labute approximate surface area is 77.1 Å². The molecule has 3 N–H and O–H groups in total. The SMILES string of the molecule is CN/C(O)=C(\C#N)C(=O)NC(C)C. The van der Waals surface area contributed by atoms with Crippen LogP contribution in [0.2, 0.25) is 0 Å². The summed E-state index contributed by atoms with van der Waals surface area (Å²) < 4.78 is 0. The van der Waals surface area contributed by atoms with Crippen LogP contribution in [0, 0.1) is 11.3 Å². The number of nitrogens with one attached hydrogen (secondary N) is 2. The number of rotatable bonds is 3. The predicted molar refractivity (Wildman–Crippen MR) is 47.6 cm³/mol. The van der Waals surface area contributed by atoms with Gasteiger partial charge < -0.3 is 15.7 Å². The highest BCUT2D eigenvalue weighted by atomic mass is 16.3. The smallest absolute Gasteiger partial charge is 0.267 e. The molecule has 0 fully saturated rings. The van der Waals surface area contributed by atoms with E-state index in [2.05, 4.69) is 10.6 Å². The molecule has 0 spiro atoms. The lowest BCUT2D eigenvalue weighted by molar-refractivity contribution is -0.117. The van der Waals surface area contributed by atoms with Gasteiger partial charge in [0.1, 0.15) is 6.07 Å². The summed E-state index contributed by atoms with van der Waals surface area (Å²) in [5.74, 6) is -0.995. The summed E-state index contributed by atoms with van der Waals surface area (Å²) in [5, 5.41) is 22.4. The number of amides is 1. The van der Waals surface area contributed by atoms with Gasteiger partial charge in [-0.05, 0) is 13.8 Å². The van der Waals surface area contributed by atoms with Crippen molar-refractivity contribution >= 4 is 5.91 Å². The molecule has 0 aromatic rings. The van der Waals surface area contributed by atoms with Gasteiger partial charge in [-0.25, -0.2) is 0 Å². The summed E-state index contributed by atoms with van der Waals surface area (Å²) in [5.41, 5.74) is -0.309. The van der Waals surface area contributed by atoms with E-state index in [1.807, 2.05) is 0 Å². The van der Waals surface area contributed by atoms with E-state index in [0.717, 1.165) is 0 Å². The number of nitrogens with zero attached hydrogens (tertiary/aromatic N) is 1. The summed E-state index contributed by atoms with van der Waals surface area (Å²) in [6, 6.07) is 1.54. The second kappa shape index (κ2) is 5.04. The third-order valence-corrected chi connectivity index (χ3v) is 1.23. The van der Waals surface area contributed by atoms with E-state index in [-0.39, 0.29) is 11.6 Å². The molecule has 0 aliphatic carbocycles. The molecule has 0 aromatic carbocycles. The molecular weight excluding hydrogens is 170 g/mol. The average Bonchev–Trinajstić information content (AvgIpc) is 2.03. The third-order valence-electron chi connectivity index (χ3n) is 1.23. The molecule has 1 amide bonds. The van der Waals surface area contributed by atoms with Crippen LogP contribution in [0.4, 0.5) is 0 Å². The number of hydrogen-bond acceptors (Lipinski definition) is 4. The highest BCUT2D eigenvalue weighted by Gasteiger charge is 2.14. The van der Waals surface area contributed by atoms with Crippen molar-refractivity contribution < 1.29 is 9.90 Å². The number of carbonyl (C=O) groups excluding carboxylic acids is 1. The second-order valence-electron chi connectivity index (χ2n) is 2.71. The Morgan fingerprint density at radius 3 is 2.38 bits per heavy atom. The Morgan fingerprint density at radius 2 is 2.08 bits per heavy atom. The summed E-state index contributed by atoms with van der Waals surface area (Å²) in [6.07, 6.45) is 0. The first-order chi connectivity index (χ1) is 6.02. The van der Waals surface area contributed by atoms with E-state index in [4.69, 9.17) is 10.4 Å². The summed E-state index contributed by atoms with van der Waals surface area (Å²) in [7, 11) is 1.43. The Kier molecular flexibility index (Phi) is 4.38. The first kappa shape index (κ1) is 11.3. The molecule has 0 saturated heterocycles. The van der Waals surface area contributed by atoms with Crippen LogP contribution in [-0.4, -0.2) is 24.1 Å². The zero-order valence-electron chi connectivity index (χ0n) is 7.88. The fourth-order valence-corrected chi connectivity index (χ4v) is 0.671. The first-order valence-electron chi connectivity index (χ1n) is 3.84. The van der Waals surface area contributed by atoms with Crippen LogP contribution in [0.3, 0.4) is 0 Å². The van der Waals surface area contributed by atoms with E-state index in [1.54, 1.807) is 19.9 Å². The topological polar surface area (TPSA) is 85.2 Å². The highest BCUT2D eigenvalue weighted by Crippen LogP contribution is 1.97. The van der Waals surface area contributed by atoms with Gasteiger partial charge in [-0.3, -0.25) is 4.79 Å². The Balaban J connectivity index is 4.63. The Hall–Kier alpha value is -1.70. The van der Waals surface area contributed by atoms with Gasteiger partial charge in [-0.1, -0.05) is 0 Å². The van der Waals surface area contributed by atoms with Gasteiger partial charge in [0.25, 0.3) is 5.91 Å². The maximum Gasteiger partial charge on any atom is 0.267 e. The number of carbonyl (C=O) groups is 1. The monoisotopic (exact) mass is 183 g/mol. The number of nitriles is 1. The molecular formula is C8H13N3O2. The molecule has 0 bridgehead atoms. The van der Waals surface area contributed by atoms with Crippen LogP contribution in [0.5, 0.6) is 0 Å². The van der Waals surface area contributed by atoms with Crippen molar-refractivity contribution in [1.29, 1.82) is 5.26 Å². The minimum absolute atomic E-state index is 0.0690. The summed E-state index contributed by atoms with van der Waals surface area (Å²) in [6.45, 7) is 3.53. The van der Waals surface area contributed by atoms with Crippen LogP contribution in [0.15, 0.2) is 11.5 Å². The lowest BCUT2D eigenvalue weighted by Crippen LogP contribution is -2.32. The maximum absolute atomic E-state index is 11.2. The van der Waals surface area contributed by atoms with Gasteiger partial charge >= 0.3 is 0 Å². The van der Waals surface area contributed by atoms with Gasteiger partial charge in [0.2, 0.25) is 5.88 Å². The molecule has 0 radical (unpaired) electrons. The molecule has 0 atom stereocenters. The van der Waals surface area contributed by atoms with E-state index in [1.165, 1.54) is 7.05 Å². The fraction of sp³-hybridized carbons (Fsp3) is 0.500. The van der Waals surface area contributed by atoms with Gasteiger partial charge in [0, 0.05) is 13.1 Å². The molecule has 13 heavy (non-hydrogen) atoms. The number of aliphatic hydroxyl groups excluding tert-OH is 1. The molecule has 72 valence electrons. The first-order valence-corrected chi connectivity index (χ1v) is 3.84. The van der Waals surface area contributed by atoms with Gasteiger partial charge in [0.05, 0.1) is 0 Å². The number of hydrogen-bond donors (Lipinski definition) is 3. The normalized spacial score (nSPS) is 11.6. The second-order valence-corrected chi connectivity index (χ2v) is 2.71. The van der Waals surface area contributed by atoms with Crippen LogP contribution in [-0.2, 0) is 4.79 Å². The summed E-state index contributed by atoms with van der Waals surface area (Å²) >= 11 is 0. The molecule has 0 aliphatic rings. The van der Waals surface area contributed by atoms with E-state index in [0.29, 0.717) is 0 Å². The lowest BCUT2D eigenvalue weighted by Gasteiger charge is -2.07. The van der Waals surface area contributed by atoms with Crippen molar-refractivity contribution in [3.05, 3.63) is 11.5 Å². The minimum Gasteiger partial charge on any atom is -0.494 e. The molecule has 5 heteroatoms. The largest absolute Gasteiger partial charge is 0.494 e. The third kappa shape index (κ3) is 3.47. The molecule has 0 aromatic heterocycles. The van der Waals surface area contributed by atoms with Gasteiger partial charge in [0.15, 0.2) is 5.57 Å². The zero-order valence-corrected chi connectivity index (χ0v) is 7.88. The van der Waals surface area contributed by atoms with Crippen LogP contribution >= 0.6 is 0 Å². The average molecular weight is 183 g/mol. The predicted octanol–water partition coefficient (Wildman–Crippen LogP) is 0.0236. The van der Waals surface area contributed by atoms with Crippen molar-refractivity contribution in [2.45, 2.75) is 19.9 Å². The van der Waals surface area contributed by atoms with Crippen molar-refractivity contribution in [2.75, 3.05) is 7.05 Å². The minimum atomic E-state index is -0.579. The lowest BCUT2D eigenvalue weighted by atomic mass is 10.2. The Bertz CT molecular complexity index is 263.